The Kier molecular flexibility index (Phi) is 18.7. The molecule has 1 rings (SSSR count). The lowest BCUT2D eigenvalue weighted by Crippen LogP contribution is -2.32. The Labute approximate surface area is 224 Å². The largest absolute Gasteiger partial charge is 0.507 e. The zero-order valence-corrected chi connectivity index (χ0v) is 22.6. The fraction of sp³-hybridized carbons (Fsp3) is 0.394. The van der Waals surface area contributed by atoms with Crippen LogP contribution in [0.3, 0.4) is 0 Å². The third-order valence-corrected chi connectivity index (χ3v) is 5.57. The van der Waals surface area contributed by atoms with Gasteiger partial charge in [0.2, 0.25) is 0 Å². The number of phenolic OH excluding ortho intramolecular Hbond substituents is 1. The minimum absolute atomic E-state index is 0.0420. The third kappa shape index (κ3) is 17.6. The summed E-state index contributed by atoms with van der Waals surface area (Å²) < 4.78 is 0. The second kappa shape index (κ2) is 21.8. The van der Waals surface area contributed by atoms with Crippen LogP contribution >= 0.6 is 0 Å². The van der Waals surface area contributed by atoms with E-state index in [1.165, 1.54) is 6.07 Å². The Bertz CT molecular complexity index is 950. The number of aromatic hydroxyl groups is 1. The number of nitrogens with one attached hydrogen (secondary N) is 1. The maximum Gasteiger partial charge on any atom is 0.255 e. The Balaban J connectivity index is 2.05. The van der Waals surface area contributed by atoms with E-state index >= 15 is 0 Å². The van der Waals surface area contributed by atoms with Crippen molar-refractivity contribution in [2.24, 2.45) is 0 Å². The molecule has 0 radical (unpaired) electrons. The molecule has 0 saturated heterocycles. The molecule has 2 N–H and O–H groups in total. The number of amides is 1. The number of hydrogen-bond donors (Lipinski definition) is 2. The first-order chi connectivity index (χ1) is 18.0. The fourth-order valence-corrected chi connectivity index (χ4v) is 3.43. The van der Waals surface area contributed by atoms with Gasteiger partial charge in [-0.15, -0.1) is 0 Å². The standard InChI is InChI=1S/C33H45NO3/c1-3-4-5-6-7-8-9-10-11-12-13-14-15-16-17-18-19-20-21-24-30(35)28-27-29(2)34-33(37)31-25-22-23-26-32(31)36/h4-5,7-8,10-11,13-14,16-17,19-20,22-23,25-26,29,36H,3,6,9,12,15,18,21,24,27-28H2,1-2H3,(H,34,37)/b5-4-,8-7-,11-10-,14-13-,17-16-,20-19-. The van der Waals surface area contributed by atoms with Crippen LogP contribution in [0.4, 0.5) is 0 Å². The van der Waals surface area contributed by atoms with E-state index in [1.807, 2.05) is 6.92 Å². The van der Waals surface area contributed by atoms with Crippen LogP contribution in [0.5, 0.6) is 5.75 Å². The molecule has 1 aromatic carbocycles. The number of benzene rings is 1. The number of allylic oxidation sites excluding steroid dienone is 12. The van der Waals surface area contributed by atoms with Crippen LogP contribution in [-0.2, 0) is 4.79 Å². The molecule has 0 fully saturated rings. The van der Waals surface area contributed by atoms with E-state index in [9.17, 15) is 14.7 Å². The number of Topliss-reactive ketones (excluding diaryl/α,β-unsaturated/α-hetero) is 1. The minimum Gasteiger partial charge on any atom is -0.507 e. The molecule has 1 unspecified atom stereocenters. The van der Waals surface area contributed by atoms with Gasteiger partial charge in [0.25, 0.3) is 5.91 Å². The van der Waals surface area contributed by atoms with Gasteiger partial charge in [-0.25, -0.2) is 0 Å². The van der Waals surface area contributed by atoms with Crippen molar-refractivity contribution in [3.8, 4) is 5.75 Å². The smallest absolute Gasteiger partial charge is 0.255 e. The lowest BCUT2D eigenvalue weighted by molar-refractivity contribution is -0.119. The highest BCUT2D eigenvalue weighted by Crippen LogP contribution is 2.15. The number of ketones is 1. The normalized spacial score (nSPS) is 13.2. The molecular weight excluding hydrogens is 458 g/mol. The van der Waals surface area contributed by atoms with Crippen LogP contribution in [0.15, 0.2) is 97.2 Å². The number of para-hydroxylation sites is 1. The van der Waals surface area contributed by atoms with E-state index in [1.54, 1.807) is 18.2 Å². The number of carbonyl (C=O) groups excluding carboxylic acids is 2. The predicted molar refractivity (Wildman–Crippen MR) is 157 cm³/mol. The van der Waals surface area contributed by atoms with Gasteiger partial charge in [-0.3, -0.25) is 9.59 Å². The summed E-state index contributed by atoms with van der Waals surface area (Å²) in [5.41, 5.74) is 0.248. The van der Waals surface area contributed by atoms with E-state index in [0.29, 0.717) is 19.3 Å². The molecule has 1 aromatic rings. The van der Waals surface area contributed by atoms with Crippen molar-refractivity contribution in [2.75, 3.05) is 0 Å². The summed E-state index contributed by atoms with van der Waals surface area (Å²) in [6, 6.07) is 6.30. The van der Waals surface area contributed by atoms with E-state index in [4.69, 9.17) is 0 Å². The summed E-state index contributed by atoms with van der Waals surface area (Å²) in [6.45, 7) is 4.02. The molecule has 0 aliphatic heterocycles. The molecule has 0 heterocycles. The van der Waals surface area contributed by atoms with Crippen molar-refractivity contribution in [3.63, 3.8) is 0 Å². The highest BCUT2D eigenvalue weighted by atomic mass is 16.3. The SMILES string of the molecule is CC/C=C\C/C=C\C/C=C\C/C=C\C/C=C\C/C=C\CCC(=O)CCC(C)NC(=O)c1ccccc1O. The molecule has 1 amide bonds. The Morgan fingerprint density at radius 3 is 1.76 bits per heavy atom. The van der Waals surface area contributed by atoms with Crippen LogP contribution < -0.4 is 5.32 Å². The summed E-state index contributed by atoms with van der Waals surface area (Å²) in [5.74, 6) is -0.168. The van der Waals surface area contributed by atoms with Crippen LogP contribution in [-0.4, -0.2) is 22.8 Å². The first-order valence-electron chi connectivity index (χ1n) is 13.5. The van der Waals surface area contributed by atoms with Gasteiger partial charge in [0.15, 0.2) is 0 Å². The second-order valence-electron chi connectivity index (χ2n) is 8.92. The van der Waals surface area contributed by atoms with E-state index in [2.05, 4.69) is 85.2 Å². The first-order valence-corrected chi connectivity index (χ1v) is 13.5. The molecule has 1 atom stereocenters. The predicted octanol–water partition coefficient (Wildman–Crippen LogP) is 8.34. The quantitative estimate of drug-likeness (QED) is 0.186. The molecule has 0 spiro atoms. The van der Waals surface area contributed by atoms with Crippen molar-refractivity contribution in [3.05, 3.63) is 103 Å². The van der Waals surface area contributed by atoms with E-state index in [0.717, 1.165) is 44.9 Å². The molecule has 0 bridgehead atoms. The van der Waals surface area contributed by atoms with Gasteiger partial charge in [-0.1, -0.05) is 92.0 Å². The summed E-state index contributed by atoms with van der Waals surface area (Å²) in [5, 5.41) is 12.6. The fourth-order valence-electron chi connectivity index (χ4n) is 3.43. The average Bonchev–Trinajstić information content (AvgIpc) is 2.89. The lowest BCUT2D eigenvalue weighted by atomic mass is 10.1. The van der Waals surface area contributed by atoms with E-state index < -0.39 is 0 Å². The average molecular weight is 504 g/mol. The molecule has 200 valence electrons. The molecule has 4 nitrogen and oxygen atoms in total. The van der Waals surface area contributed by atoms with Crippen LogP contribution in [0, 0.1) is 0 Å². The van der Waals surface area contributed by atoms with Crippen molar-refractivity contribution >= 4 is 11.7 Å². The maximum absolute atomic E-state index is 12.2. The van der Waals surface area contributed by atoms with Gasteiger partial charge in [-0.05, 0) is 70.4 Å². The summed E-state index contributed by atoms with van der Waals surface area (Å²) in [6.07, 6.45) is 34.2. The van der Waals surface area contributed by atoms with Crippen molar-refractivity contribution in [1.29, 1.82) is 0 Å². The van der Waals surface area contributed by atoms with Crippen molar-refractivity contribution in [2.45, 2.75) is 84.1 Å². The van der Waals surface area contributed by atoms with Gasteiger partial charge < -0.3 is 10.4 Å². The number of phenols is 1. The second-order valence-corrected chi connectivity index (χ2v) is 8.92. The number of hydrogen-bond acceptors (Lipinski definition) is 3. The molecular formula is C33H45NO3. The van der Waals surface area contributed by atoms with Gasteiger partial charge in [-0.2, -0.15) is 0 Å². The van der Waals surface area contributed by atoms with Crippen LogP contribution in [0.25, 0.3) is 0 Å². The third-order valence-electron chi connectivity index (χ3n) is 5.57. The molecule has 0 aromatic heterocycles. The summed E-state index contributed by atoms with van der Waals surface area (Å²) >= 11 is 0. The van der Waals surface area contributed by atoms with E-state index in [-0.39, 0.29) is 29.0 Å². The zero-order chi connectivity index (χ0) is 27.0. The Morgan fingerprint density at radius 1 is 0.757 bits per heavy atom. The monoisotopic (exact) mass is 503 g/mol. The van der Waals surface area contributed by atoms with Gasteiger partial charge in [0.05, 0.1) is 5.56 Å². The minimum atomic E-state index is -0.323. The van der Waals surface area contributed by atoms with Gasteiger partial charge in [0.1, 0.15) is 11.5 Å². The van der Waals surface area contributed by atoms with Gasteiger partial charge >= 0.3 is 0 Å². The van der Waals surface area contributed by atoms with Gasteiger partial charge in [0, 0.05) is 18.9 Å². The van der Waals surface area contributed by atoms with Crippen LogP contribution in [0.1, 0.15) is 88.4 Å². The molecule has 0 aliphatic carbocycles. The van der Waals surface area contributed by atoms with Crippen LogP contribution in [0.2, 0.25) is 0 Å². The summed E-state index contributed by atoms with van der Waals surface area (Å²) in [4.78, 5) is 24.3. The molecule has 0 saturated carbocycles. The molecule has 4 heteroatoms. The number of rotatable bonds is 19. The highest BCUT2D eigenvalue weighted by Gasteiger charge is 2.13. The number of carbonyl (C=O) groups is 2. The molecule has 37 heavy (non-hydrogen) atoms. The van der Waals surface area contributed by atoms with Crippen molar-refractivity contribution in [1.82, 2.24) is 5.32 Å². The van der Waals surface area contributed by atoms with Crippen molar-refractivity contribution < 1.29 is 14.7 Å². The maximum atomic E-state index is 12.2. The summed E-state index contributed by atoms with van der Waals surface area (Å²) in [7, 11) is 0. The highest BCUT2D eigenvalue weighted by molar-refractivity contribution is 5.96. The Morgan fingerprint density at radius 2 is 1.24 bits per heavy atom. The molecule has 0 aliphatic rings. The lowest BCUT2D eigenvalue weighted by Gasteiger charge is -2.14. The topological polar surface area (TPSA) is 66.4 Å². The first kappa shape index (κ1) is 31.6. The zero-order valence-electron chi connectivity index (χ0n) is 22.6. The Hall–Kier alpha value is -3.40.